The fraction of sp³-hybridized carbons (Fsp3) is 0.444. The standard InChI is InChI=1S/C18H22P/c1-2-4-11-16(12-5-3-1)19-18-14-8-10-15-9-6-7-13-17(15)18/h6-10,13-14,16H,1-5,11-12H2. The lowest BCUT2D eigenvalue weighted by atomic mass is 10.0. The van der Waals surface area contributed by atoms with Crippen LogP contribution in [0.4, 0.5) is 0 Å². The van der Waals surface area contributed by atoms with Gasteiger partial charge in [0.2, 0.25) is 0 Å². The number of hydrogen-bond acceptors (Lipinski definition) is 0. The SMILES string of the molecule is c1ccc2c([P]C3CCCCCCC3)cccc2c1. The second kappa shape index (κ2) is 6.53. The zero-order chi connectivity index (χ0) is 12.9. The Balaban J connectivity index is 1.80. The quantitative estimate of drug-likeness (QED) is 0.629. The fourth-order valence-electron chi connectivity index (χ4n) is 3.08. The first-order valence-corrected chi connectivity index (χ1v) is 8.58. The monoisotopic (exact) mass is 269 g/mol. The molecule has 1 radical (unpaired) electrons. The van der Waals surface area contributed by atoms with E-state index in [2.05, 4.69) is 42.5 Å². The maximum atomic E-state index is 2.32. The van der Waals surface area contributed by atoms with E-state index in [1.165, 1.54) is 61.0 Å². The summed E-state index contributed by atoms with van der Waals surface area (Å²) >= 11 is 0. The van der Waals surface area contributed by atoms with E-state index in [1.54, 1.807) is 8.58 Å². The third-order valence-corrected chi connectivity index (χ3v) is 5.71. The second-order valence-corrected chi connectivity index (χ2v) is 7.10. The highest BCUT2D eigenvalue weighted by molar-refractivity contribution is 7.48. The molecular weight excluding hydrogens is 247 g/mol. The minimum Gasteiger partial charge on any atom is -0.0616 e. The van der Waals surface area contributed by atoms with Gasteiger partial charge in [-0.05, 0) is 43.2 Å². The Morgan fingerprint density at radius 2 is 1.42 bits per heavy atom. The minimum atomic E-state index is 0.881. The van der Waals surface area contributed by atoms with E-state index in [1.807, 2.05) is 0 Å². The number of fused-ring (bicyclic) bond motifs is 1. The first-order valence-electron chi connectivity index (χ1n) is 7.62. The van der Waals surface area contributed by atoms with Gasteiger partial charge in [0.1, 0.15) is 0 Å². The van der Waals surface area contributed by atoms with Crippen molar-refractivity contribution in [2.45, 2.75) is 50.6 Å². The van der Waals surface area contributed by atoms with Gasteiger partial charge in [0, 0.05) is 0 Å². The molecule has 1 saturated carbocycles. The van der Waals surface area contributed by atoms with E-state index in [0.29, 0.717) is 0 Å². The van der Waals surface area contributed by atoms with Gasteiger partial charge in [-0.25, -0.2) is 0 Å². The van der Waals surface area contributed by atoms with Crippen LogP contribution in [0.3, 0.4) is 0 Å². The average molecular weight is 269 g/mol. The topological polar surface area (TPSA) is 0 Å². The Morgan fingerprint density at radius 1 is 0.737 bits per heavy atom. The first-order chi connectivity index (χ1) is 9.43. The summed E-state index contributed by atoms with van der Waals surface area (Å²) in [4.78, 5) is 0. The van der Waals surface area contributed by atoms with Gasteiger partial charge in [-0.15, -0.1) is 0 Å². The number of benzene rings is 2. The van der Waals surface area contributed by atoms with Crippen molar-refractivity contribution >= 4 is 24.7 Å². The van der Waals surface area contributed by atoms with Gasteiger partial charge in [-0.1, -0.05) is 74.6 Å². The summed E-state index contributed by atoms with van der Waals surface area (Å²) in [6.07, 6.45) is 10.1. The number of hydrogen-bond donors (Lipinski definition) is 0. The molecule has 0 spiro atoms. The largest absolute Gasteiger partial charge is 0.0616 e. The third-order valence-electron chi connectivity index (χ3n) is 4.16. The molecule has 0 unspecified atom stereocenters. The summed E-state index contributed by atoms with van der Waals surface area (Å²) in [7, 11) is 1.56. The molecule has 0 bridgehead atoms. The summed E-state index contributed by atoms with van der Waals surface area (Å²) < 4.78 is 0. The molecule has 2 aromatic carbocycles. The molecule has 0 aromatic heterocycles. The molecule has 2 aromatic rings. The predicted octanol–water partition coefficient (Wildman–Crippen LogP) is 5.52. The molecule has 0 nitrogen and oxygen atoms in total. The molecule has 19 heavy (non-hydrogen) atoms. The van der Waals surface area contributed by atoms with Gasteiger partial charge in [0.15, 0.2) is 0 Å². The zero-order valence-corrected chi connectivity index (χ0v) is 12.4. The van der Waals surface area contributed by atoms with E-state index in [9.17, 15) is 0 Å². The van der Waals surface area contributed by atoms with Crippen LogP contribution in [-0.4, -0.2) is 5.66 Å². The van der Waals surface area contributed by atoms with E-state index in [4.69, 9.17) is 0 Å². The molecule has 1 heteroatoms. The Bertz CT molecular complexity index is 519. The highest BCUT2D eigenvalue weighted by Gasteiger charge is 2.14. The van der Waals surface area contributed by atoms with Gasteiger partial charge in [0.25, 0.3) is 0 Å². The van der Waals surface area contributed by atoms with Crippen LogP contribution in [0, 0.1) is 0 Å². The maximum Gasteiger partial charge on any atom is -0.0103 e. The Kier molecular flexibility index (Phi) is 4.51. The predicted molar refractivity (Wildman–Crippen MR) is 86.6 cm³/mol. The highest BCUT2D eigenvalue weighted by atomic mass is 31.1. The third kappa shape index (κ3) is 3.37. The van der Waals surface area contributed by atoms with E-state index in [0.717, 1.165) is 5.66 Å². The van der Waals surface area contributed by atoms with Crippen LogP contribution in [0.1, 0.15) is 44.9 Å². The van der Waals surface area contributed by atoms with Crippen molar-refractivity contribution in [3.63, 3.8) is 0 Å². The normalized spacial score (nSPS) is 18.7. The van der Waals surface area contributed by atoms with Crippen molar-refractivity contribution in [2.75, 3.05) is 0 Å². The van der Waals surface area contributed by atoms with Crippen LogP contribution in [0.25, 0.3) is 10.8 Å². The molecule has 0 N–H and O–H groups in total. The van der Waals surface area contributed by atoms with Gasteiger partial charge >= 0.3 is 0 Å². The summed E-state index contributed by atoms with van der Waals surface area (Å²) in [5, 5.41) is 4.37. The lowest BCUT2D eigenvalue weighted by Crippen LogP contribution is -2.09. The van der Waals surface area contributed by atoms with Crippen LogP contribution in [0.2, 0.25) is 0 Å². The molecule has 1 aliphatic rings. The lowest BCUT2D eigenvalue weighted by Gasteiger charge is -2.19. The van der Waals surface area contributed by atoms with Gasteiger partial charge in [0.05, 0.1) is 0 Å². The van der Waals surface area contributed by atoms with E-state index in [-0.39, 0.29) is 0 Å². The highest BCUT2D eigenvalue weighted by Crippen LogP contribution is 2.32. The molecular formula is C18H22P. The average Bonchev–Trinajstić information content (AvgIpc) is 2.42. The maximum absolute atomic E-state index is 2.32. The van der Waals surface area contributed by atoms with Gasteiger partial charge < -0.3 is 0 Å². The summed E-state index contributed by atoms with van der Waals surface area (Å²) in [5.41, 5.74) is 0.881. The van der Waals surface area contributed by atoms with Crippen LogP contribution < -0.4 is 5.30 Å². The van der Waals surface area contributed by atoms with Crippen molar-refractivity contribution in [1.82, 2.24) is 0 Å². The van der Waals surface area contributed by atoms with Crippen LogP contribution in [0.15, 0.2) is 42.5 Å². The summed E-state index contributed by atoms with van der Waals surface area (Å²) in [5.74, 6) is 0. The summed E-state index contributed by atoms with van der Waals surface area (Å²) in [6, 6.07) is 15.6. The molecule has 0 aliphatic heterocycles. The van der Waals surface area contributed by atoms with Crippen LogP contribution in [0.5, 0.6) is 0 Å². The first kappa shape index (κ1) is 13.1. The Morgan fingerprint density at radius 3 is 2.26 bits per heavy atom. The zero-order valence-electron chi connectivity index (χ0n) is 11.5. The molecule has 0 saturated heterocycles. The Labute approximate surface area is 118 Å². The van der Waals surface area contributed by atoms with Crippen LogP contribution >= 0.6 is 8.58 Å². The molecule has 1 aliphatic carbocycles. The molecule has 3 rings (SSSR count). The van der Waals surface area contributed by atoms with Gasteiger partial charge in [-0.3, -0.25) is 0 Å². The molecule has 1 fully saturated rings. The molecule has 99 valence electrons. The van der Waals surface area contributed by atoms with Crippen molar-refractivity contribution < 1.29 is 0 Å². The van der Waals surface area contributed by atoms with Crippen molar-refractivity contribution in [2.24, 2.45) is 0 Å². The minimum absolute atomic E-state index is 0.881. The second-order valence-electron chi connectivity index (χ2n) is 5.63. The van der Waals surface area contributed by atoms with Crippen molar-refractivity contribution in [3.8, 4) is 0 Å². The van der Waals surface area contributed by atoms with Gasteiger partial charge in [-0.2, -0.15) is 0 Å². The van der Waals surface area contributed by atoms with Crippen molar-refractivity contribution in [3.05, 3.63) is 42.5 Å². The van der Waals surface area contributed by atoms with E-state index >= 15 is 0 Å². The summed E-state index contributed by atoms with van der Waals surface area (Å²) in [6.45, 7) is 0. The Hall–Kier alpha value is -0.870. The fourth-order valence-corrected chi connectivity index (χ4v) is 4.61. The molecule has 0 atom stereocenters. The molecule has 0 heterocycles. The molecule has 0 amide bonds. The smallest absolute Gasteiger partial charge is 0.0103 e. The van der Waals surface area contributed by atoms with E-state index < -0.39 is 0 Å². The van der Waals surface area contributed by atoms with Crippen molar-refractivity contribution in [1.29, 1.82) is 0 Å². The number of rotatable bonds is 2. The van der Waals surface area contributed by atoms with Crippen LogP contribution in [-0.2, 0) is 0 Å². The lowest BCUT2D eigenvalue weighted by molar-refractivity contribution is 0.512.